The molecule has 1 heterocycles. The summed E-state index contributed by atoms with van der Waals surface area (Å²) in [6, 6.07) is 9.98. The van der Waals surface area contributed by atoms with Crippen LogP contribution in [-0.2, 0) is 11.2 Å². The highest BCUT2D eigenvalue weighted by molar-refractivity contribution is 5.78. The van der Waals surface area contributed by atoms with Gasteiger partial charge in [-0.05, 0) is 24.3 Å². The van der Waals surface area contributed by atoms with E-state index in [1.165, 1.54) is 0 Å². The molecular weight excluding hydrogens is 210 g/mol. The maximum atomic E-state index is 12.1. The smallest absolute Gasteiger partial charge is 0.226 e. The van der Waals surface area contributed by atoms with E-state index in [1.54, 1.807) is 0 Å². The molecule has 2 rings (SSSR count). The zero-order valence-corrected chi connectivity index (χ0v) is 10.3. The number of piperidine rings is 1. The highest BCUT2D eigenvalue weighted by Crippen LogP contribution is 2.20. The fraction of sp³-hybridized carbons (Fsp3) is 0.467. The number of nitrogens with zero attached hydrogens (tertiary/aromatic N) is 1. The second kappa shape index (κ2) is 5.85. The first-order chi connectivity index (χ1) is 8.29. The van der Waals surface area contributed by atoms with Crippen LogP contribution in [-0.4, -0.2) is 23.9 Å². The van der Waals surface area contributed by atoms with E-state index in [1.807, 2.05) is 35.2 Å². The van der Waals surface area contributed by atoms with Crippen LogP contribution in [0.5, 0.6) is 0 Å². The Balaban J connectivity index is 1.85. The Bertz CT molecular complexity index is 352. The number of amides is 1. The van der Waals surface area contributed by atoms with Crippen molar-refractivity contribution in [3.05, 3.63) is 42.8 Å². The van der Waals surface area contributed by atoms with E-state index >= 15 is 0 Å². The Morgan fingerprint density at radius 2 is 1.88 bits per heavy atom. The molecule has 2 heteroatoms. The van der Waals surface area contributed by atoms with Crippen LogP contribution in [0.2, 0.25) is 0 Å². The summed E-state index contributed by atoms with van der Waals surface area (Å²) < 4.78 is 0. The number of rotatable bonds is 3. The van der Waals surface area contributed by atoms with Crippen molar-refractivity contribution in [1.29, 1.82) is 0 Å². The largest absolute Gasteiger partial charge is 0.342 e. The Hall–Kier alpha value is -1.31. The third kappa shape index (κ3) is 3.32. The Morgan fingerprint density at radius 1 is 1.24 bits per heavy atom. The molecule has 0 spiro atoms. The molecular formula is C15H20NO. The average molecular weight is 230 g/mol. The molecule has 0 aromatic heterocycles. The van der Waals surface area contributed by atoms with E-state index in [0.29, 0.717) is 6.42 Å². The molecule has 1 aromatic carbocycles. The summed E-state index contributed by atoms with van der Waals surface area (Å²) in [6.07, 6.45) is 3.77. The quantitative estimate of drug-likeness (QED) is 0.782. The van der Waals surface area contributed by atoms with Gasteiger partial charge in [-0.25, -0.2) is 0 Å². The van der Waals surface area contributed by atoms with Crippen LogP contribution in [0.3, 0.4) is 0 Å². The van der Waals surface area contributed by atoms with E-state index in [0.717, 1.165) is 43.8 Å². The van der Waals surface area contributed by atoms with Gasteiger partial charge in [0.2, 0.25) is 5.91 Å². The van der Waals surface area contributed by atoms with Crippen molar-refractivity contribution in [2.24, 2.45) is 5.92 Å². The lowest BCUT2D eigenvalue weighted by atomic mass is 9.94. The SMILES string of the molecule is [CH2]CC1CCN(C(=O)Cc2ccccc2)CC1. The third-order valence-electron chi connectivity index (χ3n) is 3.57. The van der Waals surface area contributed by atoms with E-state index in [9.17, 15) is 4.79 Å². The van der Waals surface area contributed by atoms with Crippen LogP contribution in [0.1, 0.15) is 24.8 Å². The summed E-state index contributed by atoms with van der Waals surface area (Å²) in [5, 5.41) is 0. The molecule has 0 atom stereocenters. The molecule has 0 bridgehead atoms. The van der Waals surface area contributed by atoms with Crippen LogP contribution >= 0.6 is 0 Å². The van der Waals surface area contributed by atoms with Gasteiger partial charge in [-0.2, -0.15) is 0 Å². The normalized spacial score (nSPS) is 17.1. The number of hydrogen-bond acceptors (Lipinski definition) is 1. The Kier molecular flexibility index (Phi) is 4.18. The molecule has 1 radical (unpaired) electrons. The van der Waals surface area contributed by atoms with Gasteiger partial charge in [0, 0.05) is 13.1 Å². The zero-order valence-electron chi connectivity index (χ0n) is 10.3. The zero-order chi connectivity index (χ0) is 12.1. The molecule has 1 saturated heterocycles. The van der Waals surface area contributed by atoms with Crippen molar-refractivity contribution >= 4 is 5.91 Å². The summed E-state index contributed by atoms with van der Waals surface area (Å²) in [5.41, 5.74) is 1.11. The minimum absolute atomic E-state index is 0.263. The Morgan fingerprint density at radius 3 is 2.47 bits per heavy atom. The van der Waals surface area contributed by atoms with E-state index in [-0.39, 0.29) is 5.91 Å². The Labute approximate surface area is 104 Å². The van der Waals surface area contributed by atoms with E-state index in [4.69, 9.17) is 0 Å². The summed E-state index contributed by atoms with van der Waals surface area (Å²) in [7, 11) is 0. The van der Waals surface area contributed by atoms with Crippen molar-refractivity contribution < 1.29 is 4.79 Å². The summed E-state index contributed by atoms with van der Waals surface area (Å²) in [6.45, 7) is 5.76. The first-order valence-corrected chi connectivity index (χ1v) is 6.40. The third-order valence-corrected chi connectivity index (χ3v) is 3.57. The molecule has 0 aliphatic carbocycles. The van der Waals surface area contributed by atoms with Crippen molar-refractivity contribution in [2.45, 2.75) is 25.7 Å². The van der Waals surface area contributed by atoms with Crippen molar-refractivity contribution in [2.75, 3.05) is 13.1 Å². The fourth-order valence-corrected chi connectivity index (χ4v) is 2.35. The monoisotopic (exact) mass is 230 g/mol. The topological polar surface area (TPSA) is 20.3 Å². The first-order valence-electron chi connectivity index (χ1n) is 6.40. The molecule has 0 saturated carbocycles. The summed E-state index contributed by atoms with van der Waals surface area (Å²) in [5.74, 6) is 0.981. The molecule has 1 fully saturated rings. The number of likely N-dealkylation sites (tertiary alicyclic amines) is 1. The number of hydrogen-bond donors (Lipinski definition) is 0. The van der Waals surface area contributed by atoms with Crippen molar-refractivity contribution in [3.63, 3.8) is 0 Å². The molecule has 1 aliphatic rings. The molecule has 0 N–H and O–H groups in total. The molecule has 1 aliphatic heterocycles. The van der Waals surface area contributed by atoms with Gasteiger partial charge in [-0.3, -0.25) is 4.79 Å². The van der Waals surface area contributed by atoms with Gasteiger partial charge in [0.1, 0.15) is 0 Å². The summed E-state index contributed by atoms with van der Waals surface area (Å²) in [4.78, 5) is 14.1. The van der Waals surface area contributed by atoms with Crippen LogP contribution in [0.25, 0.3) is 0 Å². The minimum Gasteiger partial charge on any atom is -0.342 e. The lowest BCUT2D eigenvalue weighted by Gasteiger charge is -2.31. The maximum Gasteiger partial charge on any atom is 0.226 e. The number of carbonyl (C=O) groups excluding carboxylic acids is 1. The van der Waals surface area contributed by atoms with Crippen LogP contribution in [0.15, 0.2) is 30.3 Å². The second-order valence-electron chi connectivity index (χ2n) is 4.78. The molecule has 17 heavy (non-hydrogen) atoms. The lowest BCUT2D eigenvalue weighted by Crippen LogP contribution is -2.39. The number of carbonyl (C=O) groups is 1. The second-order valence-corrected chi connectivity index (χ2v) is 4.78. The van der Waals surface area contributed by atoms with Gasteiger partial charge in [-0.15, -0.1) is 0 Å². The van der Waals surface area contributed by atoms with Gasteiger partial charge in [0.25, 0.3) is 0 Å². The molecule has 2 nitrogen and oxygen atoms in total. The standard InChI is InChI=1S/C15H20NO/c1-2-13-8-10-16(11-9-13)15(17)12-14-6-4-3-5-7-14/h3-7,13H,1-2,8-12H2. The maximum absolute atomic E-state index is 12.1. The molecule has 1 amide bonds. The molecule has 1 aromatic rings. The van der Waals surface area contributed by atoms with E-state index < -0.39 is 0 Å². The van der Waals surface area contributed by atoms with Gasteiger partial charge < -0.3 is 4.90 Å². The first kappa shape index (κ1) is 12.2. The van der Waals surface area contributed by atoms with Gasteiger partial charge in [0.05, 0.1) is 6.42 Å². The highest BCUT2D eigenvalue weighted by Gasteiger charge is 2.21. The lowest BCUT2D eigenvalue weighted by molar-refractivity contribution is -0.131. The van der Waals surface area contributed by atoms with Crippen LogP contribution in [0, 0.1) is 12.8 Å². The minimum atomic E-state index is 0.263. The molecule has 0 unspecified atom stereocenters. The highest BCUT2D eigenvalue weighted by atomic mass is 16.2. The fourth-order valence-electron chi connectivity index (χ4n) is 2.35. The van der Waals surface area contributed by atoms with Crippen molar-refractivity contribution in [1.82, 2.24) is 4.90 Å². The predicted molar refractivity (Wildman–Crippen MR) is 69.4 cm³/mol. The van der Waals surface area contributed by atoms with Gasteiger partial charge in [0.15, 0.2) is 0 Å². The number of benzene rings is 1. The van der Waals surface area contributed by atoms with Gasteiger partial charge in [-0.1, -0.05) is 43.7 Å². The average Bonchev–Trinajstić information content (AvgIpc) is 2.40. The molecule has 91 valence electrons. The van der Waals surface area contributed by atoms with Crippen molar-refractivity contribution in [3.8, 4) is 0 Å². The van der Waals surface area contributed by atoms with Gasteiger partial charge >= 0.3 is 0 Å². The van der Waals surface area contributed by atoms with Crippen LogP contribution < -0.4 is 0 Å². The predicted octanol–water partition coefficient (Wildman–Crippen LogP) is 2.69. The van der Waals surface area contributed by atoms with E-state index in [2.05, 4.69) is 6.92 Å². The summed E-state index contributed by atoms with van der Waals surface area (Å²) >= 11 is 0. The van der Waals surface area contributed by atoms with Crippen LogP contribution in [0.4, 0.5) is 0 Å².